The molecular weight excluding hydrogens is 362 g/mol. The first kappa shape index (κ1) is 17.2. The molecule has 6 nitrogen and oxygen atoms in total. The summed E-state index contributed by atoms with van der Waals surface area (Å²) < 4.78 is 28.3. The Morgan fingerprint density at radius 2 is 2.07 bits per heavy atom. The maximum absolute atomic E-state index is 13.3. The minimum Gasteiger partial charge on any atom is -0.354 e. The van der Waals surface area contributed by atoms with E-state index in [-0.39, 0.29) is 20.2 Å². The first-order valence-corrected chi connectivity index (χ1v) is 9.56. The Balaban J connectivity index is 0.00000205. The topological polar surface area (TPSA) is 68.0 Å². The van der Waals surface area contributed by atoms with Gasteiger partial charge in [0.05, 0.1) is 11.4 Å². The van der Waals surface area contributed by atoms with Crippen LogP contribution in [0.5, 0.6) is 0 Å². The maximum atomic E-state index is 13.3. The molecule has 1 saturated carbocycles. The summed E-state index contributed by atoms with van der Waals surface area (Å²) in [6, 6.07) is 3.89. The number of hydrogen-bond donors (Lipinski definition) is 1. The van der Waals surface area contributed by atoms with Gasteiger partial charge in [0.2, 0.25) is 11.9 Å². The van der Waals surface area contributed by atoms with E-state index in [1.807, 2.05) is 24.5 Å². The molecule has 0 atom stereocenters. The SMILES string of the molecule is FC1(F)CCC(CNc2ncc3c(n2)CC=C3c2ccc3nccn3n2)CC1.[HH]. The fourth-order valence-electron chi connectivity index (χ4n) is 3.93. The number of allylic oxidation sites excluding steroid dienone is 1. The number of nitrogens with zero attached hydrogens (tertiary/aromatic N) is 5. The number of fused-ring (bicyclic) bond motifs is 2. The molecule has 28 heavy (non-hydrogen) atoms. The average molecular weight is 384 g/mol. The van der Waals surface area contributed by atoms with E-state index in [2.05, 4.69) is 31.4 Å². The second kappa shape index (κ2) is 6.61. The summed E-state index contributed by atoms with van der Waals surface area (Å²) in [5, 5.41) is 7.83. The fourth-order valence-corrected chi connectivity index (χ4v) is 3.93. The van der Waals surface area contributed by atoms with Crippen LogP contribution in [0.2, 0.25) is 0 Å². The van der Waals surface area contributed by atoms with E-state index < -0.39 is 5.92 Å². The molecule has 3 aromatic rings. The van der Waals surface area contributed by atoms with Crippen molar-refractivity contribution in [3.05, 3.63) is 53.8 Å². The van der Waals surface area contributed by atoms with Crippen LogP contribution in [0.4, 0.5) is 14.7 Å². The third kappa shape index (κ3) is 3.23. The number of nitrogens with one attached hydrogen (secondary N) is 1. The van der Waals surface area contributed by atoms with Gasteiger partial charge in [0.25, 0.3) is 0 Å². The molecule has 1 fully saturated rings. The van der Waals surface area contributed by atoms with Crippen molar-refractivity contribution in [3.8, 4) is 0 Å². The highest BCUT2D eigenvalue weighted by Crippen LogP contribution is 2.36. The van der Waals surface area contributed by atoms with Crippen molar-refractivity contribution >= 4 is 17.2 Å². The molecule has 0 aliphatic heterocycles. The number of imidazole rings is 1. The first-order chi connectivity index (χ1) is 13.6. The lowest BCUT2D eigenvalue weighted by atomic mass is 9.87. The summed E-state index contributed by atoms with van der Waals surface area (Å²) in [6.45, 7) is 0.633. The molecule has 0 aromatic carbocycles. The monoisotopic (exact) mass is 384 g/mol. The van der Waals surface area contributed by atoms with E-state index in [9.17, 15) is 8.78 Å². The number of rotatable bonds is 4. The first-order valence-electron chi connectivity index (χ1n) is 9.56. The third-order valence-electron chi connectivity index (χ3n) is 5.57. The molecule has 2 aliphatic rings. The quantitative estimate of drug-likeness (QED) is 0.737. The molecule has 1 N–H and O–H groups in total. The Labute approximate surface area is 162 Å². The van der Waals surface area contributed by atoms with Gasteiger partial charge in [-0.3, -0.25) is 0 Å². The predicted octanol–water partition coefficient (Wildman–Crippen LogP) is 3.99. The van der Waals surface area contributed by atoms with Crippen LogP contribution in [0, 0.1) is 5.92 Å². The standard InChI is InChI=1S/C20H20F2N6.H2/c21-20(22)7-5-13(6-8-20)11-24-19-25-12-15-14(1-2-16(15)26-19)17-3-4-18-23-9-10-28(18)27-17;/h1,3-4,9-10,12-13H,2,5-8,11H2,(H,24,25,26);1H. The number of aromatic nitrogens is 5. The minimum absolute atomic E-state index is 0. The van der Waals surface area contributed by atoms with Crippen LogP contribution in [-0.2, 0) is 6.42 Å². The molecule has 0 radical (unpaired) electrons. The average Bonchev–Trinajstić information content (AvgIpc) is 3.33. The van der Waals surface area contributed by atoms with Crippen molar-refractivity contribution < 1.29 is 10.2 Å². The number of alkyl halides is 2. The zero-order chi connectivity index (χ0) is 19.1. The van der Waals surface area contributed by atoms with Crippen molar-refractivity contribution in [1.82, 2.24) is 24.6 Å². The number of anilines is 1. The molecule has 0 bridgehead atoms. The molecule has 5 rings (SSSR count). The van der Waals surface area contributed by atoms with Gasteiger partial charge in [-0.1, -0.05) is 6.08 Å². The highest BCUT2D eigenvalue weighted by molar-refractivity contribution is 5.82. The molecule has 0 spiro atoms. The Bertz CT molecular complexity index is 1050. The number of halogens is 2. The molecule has 2 aliphatic carbocycles. The van der Waals surface area contributed by atoms with Gasteiger partial charge in [0.15, 0.2) is 5.65 Å². The van der Waals surface area contributed by atoms with E-state index >= 15 is 0 Å². The van der Waals surface area contributed by atoms with Crippen LogP contribution in [0.3, 0.4) is 0 Å². The second-order valence-corrected chi connectivity index (χ2v) is 7.50. The Kier molecular flexibility index (Phi) is 4.07. The zero-order valence-corrected chi connectivity index (χ0v) is 15.3. The van der Waals surface area contributed by atoms with Crippen molar-refractivity contribution in [3.63, 3.8) is 0 Å². The summed E-state index contributed by atoms with van der Waals surface area (Å²) in [5.74, 6) is -1.68. The summed E-state index contributed by atoms with van der Waals surface area (Å²) in [5.41, 5.74) is 4.62. The van der Waals surface area contributed by atoms with Gasteiger partial charge < -0.3 is 5.32 Å². The van der Waals surface area contributed by atoms with Crippen LogP contribution in [-0.4, -0.2) is 37.0 Å². The van der Waals surface area contributed by atoms with Crippen LogP contribution in [0.1, 0.15) is 44.1 Å². The largest absolute Gasteiger partial charge is 0.354 e. The summed E-state index contributed by atoms with van der Waals surface area (Å²) >= 11 is 0. The van der Waals surface area contributed by atoms with Gasteiger partial charge in [-0.25, -0.2) is 28.2 Å². The van der Waals surface area contributed by atoms with E-state index in [4.69, 9.17) is 0 Å². The lowest BCUT2D eigenvalue weighted by Gasteiger charge is -2.28. The van der Waals surface area contributed by atoms with Crippen LogP contribution in [0.15, 0.2) is 36.8 Å². The van der Waals surface area contributed by atoms with E-state index in [0.717, 1.165) is 34.6 Å². The normalized spacial score (nSPS) is 18.9. The van der Waals surface area contributed by atoms with Crippen LogP contribution in [0.25, 0.3) is 11.2 Å². The molecule has 0 amide bonds. The van der Waals surface area contributed by atoms with Gasteiger partial charge in [0, 0.05) is 57.0 Å². The van der Waals surface area contributed by atoms with E-state index in [1.54, 1.807) is 10.7 Å². The molecular formula is C20H22F2N6. The Hall–Kier alpha value is -2.90. The van der Waals surface area contributed by atoms with Crippen molar-refractivity contribution in [2.24, 2.45) is 5.92 Å². The van der Waals surface area contributed by atoms with E-state index in [0.29, 0.717) is 25.3 Å². The van der Waals surface area contributed by atoms with Crippen molar-refractivity contribution in [1.29, 1.82) is 0 Å². The molecule has 3 heterocycles. The summed E-state index contributed by atoms with van der Waals surface area (Å²) in [4.78, 5) is 13.3. The van der Waals surface area contributed by atoms with Gasteiger partial charge in [-0.05, 0) is 30.9 Å². The zero-order valence-electron chi connectivity index (χ0n) is 15.3. The minimum atomic E-state index is -2.49. The highest BCUT2D eigenvalue weighted by atomic mass is 19.3. The highest BCUT2D eigenvalue weighted by Gasteiger charge is 2.34. The third-order valence-corrected chi connectivity index (χ3v) is 5.57. The Morgan fingerprint density at radius 3 is 2.93 bits per heavy atom. The lowest BCUT2D eigenvalue weighted by molar-refractivity contribution is -0.0443. The Morgan fingerprint density at radius 1 is 1.21 bits per heavy atom. The van der Waals surface area contributed by atoms with Crippen LogP contribution < -0.4 is 5.32 Å². The predicted molar refractivity (Wildman–Crippen MR) is 103 cm³/mol. The van der Waals surface area contributed by atoms with Gasteiger partial charge >= 0.3 is 0 Å². The van der Waals surface area contributed by atoms with Crippen molar-refractivity contribution in [2.75, 3.05) is 11.9 Å². The fraction of sp³-hybridized carbons (Fsp3) is 0.400. The summed E-state index contributed by atoms with van der Waals surface area (Å²) in [7, 11) is 0. The molecule has 3 aromatic heterocycles. The molecule has 0 unspecified atom stereocenters. The lowest BCUT2D eigenvalue weighted by Crippen LogP contribution is -2.28. The van der Waals surface area contributed by atoms with Gasteiger partial charge in [-0.2, -0.15) is 5.10 Å². The summed E-state index contributed by atoms with van der Waals surface area (Å²) in [6.07, 6.45) is 9.23. The van der Waals surface area contributed by atoms with Crippen LogP contribution >= 0.6 is 0 Å². The molecule has 146 valence electrons. The smallest absolute Gasteiger partial charge is 0.248 e. The van der Waals surface area contributed by atoms with Crippen molar-refractivity contribution in [2.45, 2.75) is 38.0 Å². The second-order valence-electron chi connectivity index (χ2n) is 7.50. The number of hydrogen-bond acceptors (Lipinski definition) is 5. The van der Waals surface area contributed by atoms with Gasteiger partial charge in [-0.15, -0.1) is 0 Å². The molecule has 8 heteroatoms. The van der Waals surface area contributed by atoms with Gasteiger partial charge in [0.1, 0.15) is 0 Å². The molecule has 0 saturated heterocycles. The maximum Gasteiger partial charge on any atom is 0.248 e. The van der Waals surface area contributed by atoms with E-state index in [1.165, 1.54) is 0 Å².